The number of hydrogen-bond donors (Lipinski definition) is 2. The number of aliphatic hydroxyl groups excluding tert-OH is 1. The van der Waals surface area contributed by atoms with Crippen molar-refractivity contribution in [2.75, 3.05) is 27.3 Å². The van der Waals surface area contributed by atoms with E-state index in [-0.39, 0.29) is 11.6 Å². The number of nitrogens with zero attached hydrogens (tertiary/aromatic N) is 2. The molecule has 2 aromatic carbocycles. The van der Waals surface area contributed by atoms with Crippen LogP contribution in [0.2, 0.25) is 5.02 Å². The third-order valence-corrected chi connectivity index (χ3v) is 6.36. The summed E-state index contributed by atoms with van der Waals surface area (Å²) in [6.07, 6.45) is 0.700. The molecule has 0 aliphatic carbocycles. The van der Waals surface area contributed by atoms with E-state index in [9.17, 15) is 5.11 Å². The minimum atomic E-state index is 0.164. The van der Waals surface area contributed by atoms with Crippen molar-refractivity contribution >= 4 is 34.3 Å². The van der Waals surface area contributed by atoms with Gasteiger partial charge < -0.3 is 19.5 Å². The first-order chi connectivity index (χ1) is 15.0. The summed E-state index contributed by atoms with van der Waals surface area (Å²) >= 11 is 7.68. The molecule has 0 saturated heterocycles. The molecule has 8 heteroatoms. The van der Waals surface area contributed by atoms with Gasteiger partial charge in [-0.1, -0.05) is 35.9 Å². The van der Waals surface area contributed by atoms with Crippen molar-refractivity contribution in [2.24, 2.45) is 0 Å². The lowest BCUT2D eigenvalue weighted by Crippen LogP contribution is -2.28. The molecule has 2 N–H and O–H groups in total. The molecule has 1 aliphatic rings. The fraction of sp³-hybridized carbons (Fsp3) is 0.217. The van der Waals surface area contributed by atoms with Crippen LogP contribution >= 0.6 is 22.9 Å². The van der Waals surface area contributed by atoms with Gasteiger partial charge in [-0.05, 0) is 30.2 Å². The number of hydrogen-bond acceptors (Lipinski definition) is 6. The second-order valence-electron chi connectivity index (χ2n) is 7.05. The van der Waals surface area contributed by atoms with Gasteiger partial charge in [0.25, 0.3) is 0 Å². The molecule has 1 aliphatic heterocycles. The van der Waals surface area contributed by atoms with Gasteiger partial charge in [-0.25, -0.2) is 4.98 Å². The van der Waals surface area contributed by atoms with Gasteiger partial charge in [-0.3, -0.25) is 5.41 Å². The average molecular weight is 456 g/mol. The van der Waals surface area contributed by atoms with E-state index in [0.717, 1.165) is 16.8 Å². The number of amidine groups is 1. The highest BCUT2D eigenvalue weighted by Gasteiger charge is 2.30. The predicted octanol–water partition coefficient (Wildman–Crippen LogP) is 5.29. The van der Waals surface area contributed by atoms with Crippen LogP contribution in [-0.4, -0.2) is 48.1 Å². The van der Waals surface area contributed by atoms with Gasteiger partial charge in [0.2, 0.25) is 0 Å². The van der Waals surface area contributed by atoms with Gasteiger partial charge in [0.05, 0.1) is 32.0 Å². The second-order valence-corrected chi connectivity index (χ2v) is 8.31. The molecule has 31 heavy (non-hydrogen) atoms. The Hall–Kier alpha value is -3.03. The van der Waals surface area contributed by atoms with Crippen molar-refractivity contribution in [1.82, 2.24) is 9.88 Å². The Labute approximate surface area is 189 Å². The minimum absolute atomic E-state index is 0.164. The van der Waals surface area contributed by atoms with E-state index in [4.69, 9.17) is 26.5 Å². The molecule has 0 spiro atoms. The lowest BCUT2D eigenvalue weighted by molar-refractivity contribution is 0.349. The summed E-state index contributed by atoms with van der Waals surface area (Å²) in [5, 5.41) is 22.3. The standard InChI is InChI=1S/C23H22ClN3O3S/c1-29-19-8-7-14(11-20(19)30-2)9-10-27-12-18(28)21(22(27)25)23-26-17(13-31-23)15-5-3-4-6-16(15)24/h3-8,11,13,25,28H,9-10,12H2,1-2H3. The molecule has 0 saturated carbocycles. The first-order valence-electron chi connectivity index (χ1n) is 9.69. The van der Waals surface area contributed by atoms with Crippen LogP contribution in [0.25, 0.3) is 16.8 Å². The maximum Gasteiger partial charge on any atom is 0.160 e. The number of methoxy groups -OCH3 is 2. The van der Waals surface area contributed by atoms with E-state index >= 15 is 0 Å². The van der Waals surface area contributed by atoms with Crippen LogP contribution in [0.15, 0.2) is 53.6 Å². The maximum absolute atomic E-state index is 10.6. The molecule has 2 heterocycles. The number of aromatic nitrogens is 1. The third-order valence-electron chi connectivity index (χ3n) is 5.17. The predicted molar refractivity (Wildman–Crippen MR) is 125 cm³/mol. The zero-order valence-electron chi connectivity index (χ0n) is 17.2. The van der Waals surface area contributed by atoms with E-state index in [1.54, 1.807) is 14.2 Å². The van der Waals surface area contributed by atoms with E-state index < -0.39 is 0 Å². The van der Waals surface area contributed by atoms with Crippen molar-refractivity contribution in [3.63, 3.8) is 0 Å². The first kappa shape index (κ1) is 21.2. The van der Waals surface area contributed by atoms with Crippen molar-refractivity contribution in [1.29, 1.82) is 5.41 Å². The molecule has 1 aromatic heterocycles. The molecule has 0 radical (unpaired) electrons. The molecule has 0 unspecified atom stereocenters. The molecular formula is C23H22ClN3O3S. The van der Waals surface area contributed by atoms with Crippen LogP contribution in [0, 0.1) is 5.41 Å². The second kappa shape index (κ2) is 8.99. The highest BCUT2D eigenvalue weighted by molar-refractivity contribution is 7.11. The van der Waals surface area contributed by atoms with Gasteiger partial charge in [0.15, 0.2) is 11.5 Å². The Morgan fingerprint density at radius 1 is 1.16 bits per heavy atom. The van der Waals surface area contributed by atoms with E-state index in [2.05, 4.69) is 4.98 Å². The van der Waals surface area contributed by atoms with Crippen LogP contribution in [0.1, 0.15) is 10.6 Å². The highest BCUT2D eigenvalue weighted by Crippen LogP contribution is 2.34. The number of aliphatic hydroxyl groups is 1. The van der Waals surface area contributed by atoms with Gasteiger partial charge in [-0.2, -0.15) is 0 Å². The quantitative estimate of drug-likeness (QED) is 0.506. The molecule has 0 fully saturated rings. The Balaban J connectivity index is 1.47. The van der Waals surface area contributed by atoms with Crippen molar-refractivity contribution in [2.45, 2.75) is 6.42 Å². The minimum Gasteiger partial charge on any atom is -0.510 e. The average Bonchev–Trinajstić information content (AvgIpc) is 3.36. The Kier molecular flexibility index (Phi) is 6.15. The summed E-state index contributed by atoms with van der Waals surface area (Å²) in [4.78, 5) is 6.48. The fourth-order valence-electron chi connectivity index (χ4n) is 3.53. The largest absolute Gasteiger partial charge is 0.510 e. The van der Waals surface area contributed by atoms with Gasteiger partial charge in [0.1, 0.15) is 16.6 Å². The van der Waals surface area contributed by atoms with Crippen LogP contribution in [-0.2, 0) is 6.42 Å². The maximum atomic E-state index is 10.6. The Morgan fingerprint density at radius 2 is 1.94 bits per heavy atom. The summed E-state index contributed by atoms with van der Waals surface area (Å²) in [5.41, 5.74) is 3.12. The molecule has 0 amide bonds. The number of thiazole rings is 1. The van der Waals surface area contributed by atoms with Crippen molar-refractivity contribution < 1.29 is 14.6 Å². The van der Waals surface area contributed by atoms with E-state index in [1.807, 2.05) is 52.7 Å². The molecule has 4 rings (SSSR count). The van der Waals surface area contributed by atoms with E-state index in [1.165, 1.54) is 11.3 Å². The lowest BCUT2D eigenvalue weighted by atomic mass is 10.1. The molecule has 0 bridgehead atoms. The van der Waals surface area contributed by atoms with Crippen LogP contribution in [0.5, 0.6) is 11.5 Å². The fourth-order valence-corrected chi connectivity index (χ4v) is 4.65. The molecule has 0 atom stereocenters. The highest BCUT2D eigenvalue weighted by atomic mass is 35.5. The summed E-state index contributed by atoms with van der Waals surface area (Å²) in [6.45, 7) is 0.882. The number of nitrogens with one attached hydrogen (secondary N) is 1. The smallest absolute Gasteiger partial charge is 0.160 e. The van der Waals surface area contributed by atoms with Crippen LogP contribution in [0.3, 0.4) is 0 Å². The number of halogens is 1. The van der Waals surface area contributed by atoms with Gasteiger partial charge >= 0.3 is 0 Å². The normalized spacial score (nSPS) is 13.8. The third kappa shape index (κ3) is 4.24. The summed E-state index contributed by atoms with van der Waals surface area (Å²) in [7, 11) is 3.21. The summed E-state index contributed by atoms with van der Waals surface area (Å²) in [6, 6.07) is 13.3. The van der Waals surface area contributed by atoms with Crippen molar-refractivity contribution in [3.05, 3.63) is 69.2 Å². The van der Waals surface area contributed by atoms with Gasteiger partial charge in [0, 0.05) is 22.5 Å². The van der Waals surface area contributed by atoms with Gasteiger partial charge in [-0.15, -0.1) is 11.3 Å². The SMILES string of the molecule is COc1ccc(CCN2CC(O)=C(c3nc(-c4ccccc4Cl)cs3)C2=N)cc1OC. The zero-order chi connectivity index (χ0) is 22.0. The van der Waals surface area contributed by atoms with Crippen LogP contribution < -0.4 is 9.47 Å². The molecular weight excluding hydrogens is 434 g/mol. The topological polar surface area (TPSA) is 78.7 Å². The van der Waals surface area contributed by atoms with Crippen LogP contribution in [0.4, 0.5) is 0 Å². The number of benzene rings is 2. The number of ether oxygens (including phenoxy) is 2. The monoisotopic (exact) mass is 455 g/mol. The molecule has 3 aromatic rings. The Bertz CT molecular complexity index is 1160. The molecule has 160 valence electrons. The first-order valence-corrected chi connectivity index (χ1v) is 10.9. The zero-order valence-corrected chi connectivity index (χ0v) is 18.8. The van der Waals surface area contributed by atoms with Crippen molar-refractivity contribution in [3.8, 4) is 22.8 Å². The Morgan fingerprint density at radius 3 is 2.68 bits per heavy atom. The number of rotatable bonds is 7. The molecule has 6 nitrogen and oxygen atoms in total. The van der Waals surface area contributed by atoms with E-state index in [0.29, 0.717) is 46.6 Å². The summed E-state index contributed by atoms with van der Waals surface area (Å²) < 4.78 is 10.6. The lowest BCUT2D eigenvalue weighted by Gasteiger charge is -2.18. The summed E-state index contributed by atoms with van der Waals surface area (Å²) in [5.74, 6) is 1.79.